The molecule has 0 saturated heterocycles. The molecule has 1 aromatic heterocycles. The summed E-state index contributed by atoms with van der Waals surface area (Å²) in [4.78, 5) is 11.5. The monoisotopic (exact) mass is 436 g/mol. The Hall–Kier alpha value is -3.59. The third kappa shape index (κ3) is 5.17. The number of ether oxygens (including phenoxy) is 1. The molecule has 3 aromatic rings. The summed E-state index contributed by atoms with van der Waals surface area (Å²) in [7, 11) is 0. The zero-order chi connectivity index (χ0) is 22.3. The first-order valence-corrected chi connectivity index (χ1v) is 10.6. The molecule has 8 nitrogen and oxygen atoms in total. The van der Waals surface area contributed by atoms with Crippen molar-refractivity contribution in [1.82, 2.24) is 25.5 Å². The van der Waals surface area contributed by atoms with Gasteiger partial charge in [0.2, 0.25) is 5.91 Å². The van der Waals surface area contributed by atoms with E-state index in [0.717, 1.165) is 24.2 Å². The standard InChI is InChI=1S/C23H25FN6O2/c1-2-21(31)26-18-11-9-16(10-12-18)22(23-27-28-29-30(23)19-6-4-7-19)25-13-14-32-20-8-3-5-17(24)15-20/h2-3,5,8-12,15,19,22,25H,1,4,6-7,13-14H2,(H,26,31). The Morgan fingerprint density at radius 3 is 2.78 bits per heavy atom. The molecule has 1 unspecified atom stereocenters. The lowest BCUT2D eigenvalue weighted by Gasteiger charge is -2.28. The molecule has 0 spiro atoms. The largest absolute Gasteiger partial charge is 0.492 e. The first-order chi connectivity index (χ1) is 15.6. The molecule has 1 heterocycles. The summed E-state index contributed by atoms with van der Waals surface area (Å²) in [6.45, 7) is 4.30. The minimum atomic E-state index is -0.336. The molecule has 0 aliphatic heterocycles. The van der Waals surface area contributed by atoms with E-state index in [9.17, 15) is 9.18 Å². The maximum Gasteiger partial charge on any atom is 0.247 e. The average Bonchev–Trinajstić information content (AvgIpc) is 3.22. The number of nitrogens with one attached hydrogen (secondary N) is 2. The van der Waals surface area contributed by atoms with E-state index in [2.05, 4.69) is 32.7 Å². The average molecular weight is 436 g/mol. The zero-order valence-electron chi connectivity index (χ0n) is 17.6. The Bertz CT molecular complexity index is 1060. The van der Waals surface area contributed by atoms with Gasteiger partial charge in [0.05, 0.1) is 12.1 Å². The number of halogens is 1. The van der Waals surface area contributed by atoms with Gasteiger partial charge < -0.3 is 15.4 Å². The molecule has 0 bridgehead atoms. The second-order valence-corrected chi connectivity index (χ2v) is 7.57. The lowest BCUT2D eigenvalue weighted by Crippen LogP contribution is -2.31. The van der Waals surface area contributed by atoms with Gasteiger partial charge in [0.15, 0.2) is 5.82 Å². The van der Waals surface area contributed by atoms with Gasteiger partial charge in [-0.25, -0.2) is 9.07 Å². The highest BCUT2D eigenvalue weighted by Crippen LogP contribution is 2.33. The Balaban J connectivity index is 1.48. The van der Waals surface area contributed by atoms with Gasteiger partial charge in [-0.2, -0.15) is 0 Å². The van der Waals surface area contributed by atoms with E-state index in [1.165, 1.54) is 24.6 Å². The van der Waals surface area contributed by atoms with E-state index in [1.807, 2.05) is 28.9 Å². The molecule has 1 amide bonds. The molecule has 4 rings (SSSR count). The molecule has 2 aromatic carbocycles. The molecule has 1 fully saturated rings. The van der Waals surface area contributed by atoms with Gasteiger partial charge in [-0.05, 0) is 65.6 Å². The second-order valence-electron chi connectivity index (χ2n) is 7.57. The Morgan fingerprint density at radius 2 is 2.09 bits per heavy atom. The van der Waals surface area contributed by atoms with Gasteiger partial charge in [0, 0.05) is 18.3 Å². The summed E-state index contributed by atoms with van der Waals surface area (Å²) >= 11 is 0. The molecule has 1 aliphatic carbocycles. The smallest absolute Gasteiger partial charge is 0.247 e. The number of carbonyl (C=O) groups excluding carboxylic acids is 1. The van der Waals surface area contributed by atoms with Crippen molar-refractivity contribution < 1.29 is 13.9 Å². The molecule has 1 aliphatic rings. The summed E-state index contributed by atoms with van der Waals surface area (Å²) in [5.41, 5.74) is 1.62. The second kappa shape index (κ2) is 10.1. The number of benzene rings is 2. The highest BCUT2D eigenvalue weighted by Gasteiger charge is 2.28. The Labute approximate surface area is 185 Å². The number of aromatic nitrogens is 4. The number of tetrazole rings is 1. The topological polar surface area (TPSA) is 94.0 Å². The fourth-order valence-electron chi connectivity index (χ4n) is 3.52. The lowest BCUT2D eigenvalue weighted by atomic mass is 9.93. The summed E-state index contributed by atoms with van der Waals surface area (Å²) in [6.07, 6.45) is 4.50. The zero-order valence-corrected chi connectivity index (χ0v) is 17.6. The maximum atomic E-state index is 13.4. The van der Waals surface area contributed by atoms with Crippen molar-refractivity contribution in [3.05, 3.63) is 78.4 Å². The third-order valence-corrected chi connectivity index (χ3v) is 5.41. The Morgan fingerprint density at radius 1 is 1.28 bits per heavy atom. The number of anilines is 1. The first-order valence-electron chi connectivity index (χ1n) is 10.6. The molecule has 9 heteroatoms. The highest BCUT2D eigenvalue weighted by molar-refractivity contribution is 5.98. The van der Waals surface area contributed by atoms with Crippen molar-refractivity contribution in [3.8, 4) is 5.75 Å². The predicted octanol–water partition coefficient (Wildman–Crippen LogP) is 3.42. The van der Waals surface area contributed by atoms with Crippen LogP contribution < -0.4 is 15.4 Å². The lowest BCUT2D eigenvalue weighted by molar-refractivity contribution is -0.111. The highest BCUT2D eigenvalue weighted by atomic mass is 19.1. The molecule has 166 valence electrons. The summed E-state index contributed by atoms with van der Waals surface area (Å²) in [5, 5.41) is 18.6. The van der Waals surface area contributed by atoms with Crippen LogP contribution >= 0.6 is 0 Å². The van der Waals surface area contributed by atoms with Crippen LogP contribution in [0.15, 0.2) is 61.2 Å². The van der Waals surface area contributed by atoms with Crippen molar-refractivity contribution in [2.24, 2.45) is 0 Å². The van der Waals surface area contributed by atoms with Crippen LogP contribution in [0.2, 0.25) is 0 Å². The number of rotatable bonds is 10. The van der Waals surface area contributed by atoms with E-state index in [0.29, 0.717) is 30.6 Å². The predicted molar refractivity (Wildman–Crippen MR) is 118 cm³/mol. The SMILES string of the molecule is C=CC(=O)Nc1ccc(C(NCCOc2cccc(F)c2)c2nnnn2C2CCC2)cc1. The first kappa shape index (κ1) is 21.6. The van der Waals surface area contributed by atoms with Gasteiger partial charge in [0.25, 0.3) is 0 Å². The van der Waals surface area contributed by atoms with Crippen molar-refractivity contribution in [1.29, 1.82) is 0 Å². The fraction of sp³-hybridized carbons (Fsp3) is 0.304. The number of amides is 1. The van der Waals surface area contributed by atoms with Gasteiger partial charge in [-0.1, -0.05) is 24.8 Å². The summed E-state index contributed by atoms with van der Waals surface area (Å²) in [5.74, 6) is 0.598. The molecular formula is C23H25FN6O2. The number of hydrogen-bond acceptors (Lipinski definition) is 6. The van der Waals surface area contributed by atoms with Crippen molar-refractivity contribution in [2.75, 3.05) is 18.5 Å². The van der Waals surface area contributed by atoms with Gasteiger partial charge >= 0.3 is 0 Å². The number of hydrogen-bond donors (Lipinski definition) is 2. The normalized spacial score (nSPS) is 14.4. The molecule has 32 heavy (non-hydrogen) atoms. The summed E-state index contributed by atoms with van der Waals surface area (Å²) < 4.78 is 20.9. The van der Waals surface area contributed by atoms with Crippen LogP contribution in [0.25, 0.3) is 0 Å². The van der Waals surface area contributed by atoms with Crippen LogP contribution in [0.4, 0.5) is 10.1 Å². The molecule has 1 saturated carbocycles. The van der Waals surface area contributed by atoms with Crippen molar-refractivity contribution in [2.45, 2.75) is 31.3 Å². The van der Waals surface area contributed by atoms with Crippen LogP contribution in [0, 0.1) is 5.82 Å². The van der Waals surface area contributed by atoms with E-state index in [1.54, 1.807) is 12.1 Å². The quantitative estimate of drug-likeness (QED) is 0.374. The Kier molecular flexibility index (Phi) is 6.86. The van der Waals surface area contributed by atoms with Crippen molar-refractivity contribution >= 4 is 11.6 Å². The van der Waals surface area contributed by atoms with Gasteiger partial charge in [0.1, 0.15) is 18.2 Å². The molecule has 0 radical (unpaired) electrons. The fourth-order valence-corrected chi connectivity index (χ4v) is 3.52. The van der Waals surface area contributed by atoms with E-state index >= 15 is 0 Å². The summed E-state index contributed by atoms with van der Waals surface area (Å²) in [6, 6.07) is 13.6. The van der Waals surface area contributed by atoms with Gasteiger partial charge in [-0.3, -0.25) is 4.79 Å². The molecule has 2 N–H and O–H groups in total. The van der Waals surface area contributed by atoms with Crippen LogP contribution in [0.3, 0.4) is 0 Å². The minimum Gasteiger partial charge on any atom is -0.492 e. The van der Waals surface area contributed by atoms with Crippen molar-refractivity contribution in [3.63, 3.8) is 0 Å². The van der Waals surface area contributed by atoms with Crippen LogP contribution in [0.5, 0.6) is 5.75 Å². The van der Waals surface area contributed by atoms with Crippen LogP contribution in [-0.4, -0.2) is 39.3 Å². The molecular weight excluding hydrogens is 411 g/mol. The van der Waals surface area contributed by atoms with Crippen LogP contribution in [0.1, 0.15) is 42.7 Å². The number of nitrogens with zero attached hydrogens (tertiary/aromatic N) is 4. The van der Waals surface area contributed by atoms with Crippen LogP contribution in [-0.2, 0) is 4.79 Å². The minimum absolute atomic E-state index is 0.268. The molecule has 1 atom stereocenters. The van der Waals surface area contributed by atoms with E-state index in [4.69, 9.17) is 4.74 Å². The maximum absolute atomic E-state index is 13.4. The number of carbonyl (C=O) groups is 1. The van der Waals surface area contributed by atoms with E-state index in [-0.39, 0.29) is 17.8 Å². The van der Waals surface area contributed by atoms with E-state index < -0.39 is 0 Å². The third-order valence-electron chi connectivity index (χ3n) is 5.41. The van der Waals surface area contributed by atoms with Gasteiger partial charge in [-0.15, -0.1) is 5.10 Å².